The third kappa shape index (κ3) is 6.01. The summed E-state index contributed by atoms with van der Waals surface area (Å²) in [5, 5.41) is 13.9. The third-order valence-corrected chi connectivity index (χ3v) is 5.21. The maximum absolute atomic E-state index is 10.7. The van der Waals surface area contributed by atoms with Gasteiger partial charge in [0.2, 0.25) is 0 Å². The summed E-state index contributed by atoms with van der Waals surface area (Å²) in [6.45, 7) is 4.23. The van der Waals surface area contributed by atoms with Gasteiger partial charge in [0, 0.05) is 29.4 Å². The van der Waals surface area contributed by atoms with Crippen LogP contribution in [0.15, 0.2) is 60.7 Å². The molecular weight excluding hydrogens is 390 g/mol. The number of carbonyl (C=O) groups excluding carboxylic acids is 1. The molecule has 0 spiro atoms. The maximum Gasteiger partial charge on any atom is 0.126 e. The van der Waals surface area contributed by atoms with Crippen LogP contribution in [0.25, 0.3) is 0 Å². The molecule has 0 radical (unpaired) electrons. The predicted octanol–water partition coefficient (Wildman–Crippen LogP) is 5.80. The fourth-order valence-electron chi connectivity index (χ4n) is 3.45. The standard InChI is InChI=1S/C26H29NO4/c1-18(12-13-28)14-21-10-11-25(19(2)26(21)29)31-17-20-6-4-7-22(15-20)27-23-8-5-9-24(16-23)30-3/h4-11,13,15-16,18,27,29H,12,14,17H2,1-3H3. The van der Waals surface area contributed by atoms with Crippen molar-refractivity contribution in [2.75, 3.05) is 12.4 Å². The summed E-state index contributed by atoms with van der Waals surface area (Å²) in [7, 11) is 1.65. The Hall–Kier alpha value is -3.47. The summed E-state index contributed by atoms with van der Waals surface area (Å²) in [6.07, 6.45) is 2.06. The van der Waals surface area contributed by atoms with Crippen molar-refractivity contribution < 1.29 is 19.4 Å². The first-order valence-corrected chi connectivity index (χ1v) is 10.4. The minimum atomic E-state index is 0.189. The second kappa shape index (κ2) is 10.5. The van der Waals surface area contributed by atoms with Gasteiger partial charge in [-0.2, -0.15) is 0 Å². The van der Waals surface area contributed by atoms with Crippen LogP contribution in [0.4, 0.5) is 11.4 Å². The second-order valence-electron chi connectivity index (χ2n) is 7.75. The lowest BCUT2D eigenvalue weighted by Crippen LogP contribution is -2.03. The molecule has 5 heteroatoms. The zero-order valence-electron chi connectivity index (χ0n) is 18.2. The minimum Gasteiger partial charge on any atom is -0.507 e. The van der Waals surface area contributed by atoms with Crippen molar-refractivity contribution in [1.82, 2.24) is 0 Å². The van der Waals surface area contributed by atoms with Gasteiger partial charge in [-0.3, -0.25) is 0 Å². The highest BCUT2D eigenvalue weighted by Gasteiger charge is 2.13. The SMILES string of the molecule is COc1cccc(Nc2cccc(COc3ccc(CC(C)CC=O)c(O)c3C)c2)c1. The van der Waals surface area contributed by atoms with Crippen LogP contribution in [0, 0.1) is 12.8 Å². The van der Waals surface area contributed by atoms with Gasteiger partial charge in [0.15, 0.2) is 0 Å². The van der Waals surface area contributed by atoms with E-state index < -0.39 is 0 Å². The van der Waals surface area contributed by atoms with Gasteiger partial charge in [-0.25, -0.2) is 0 Å². The van der Waals surface area contributed by atoms with Gasteiger partial charge in [0.1, 0.15) is 30.1 Å². The quantitative estimate of drug-likeness (QED) is 0.407. The summed E-state index contributed by atoms with van der Waals surface area (Å²) in [4.78, 5) is 10.7. The number of hydrogen-bond acceptors (Lipinski definition) is 5. The van der Waals surface area contributed by atoms with Crippen molar-refractivity contribution in [3.63, 3.8) is 0 Å². The average Bonchev–Trinajstić information content (AvgIpc) is 2.77. The highest BCUT2D eigenvalue weighted by atomic mass is 16.5. The van der Waals surface area contributed by atoms with E-state index >= 15 is 0 Å². The molecule has 0 heterocycles. The van der Waals surface area contributed by atoms with E-state index in [1.54, 1.807) is 7.11 Å². The first-order valence-electron chi connectivity index (χ1n) is 10.4. The third-order valence-electron chi connectivity index (χ3n) is 5.21. The number of aromatic hydroxyl groups is 1. The number of methoxy groups -OCH3 is 1. The van der Waals surface area contributed by atoms with Crippen LogP contribution in [0.3, 0.4) is 0 Å². The Morgan fingerprint density at radius 3 is 2.55 bits per heavy atom. The van der Waals surface area contributed by atoms with Crippen molar-refractivity contribution >= 4 is 17.7 Å². The Bertz CT molecular complexity index is 1030. The van der Waals surface area contributed by atoms with Gasteiger partial charge in [0.25, 0.3) is 0 Å². The molecule has 0 aliphatic rings. The number of rotatable bonds is 10. The number of phenols is 1. The Morgan fingerprint density at radius 1 is 1.06 bits per heavy atom. The molecule has 31 heavy (non-hydrogen) atoms. The summed E-state index contributed by atoms with van der Waals surface area (Å²) in [6, 6.07) is 19.5. The minimum absolute atomic E-state index is 0.189. The first-order chi connectivity index (χ1) is 15.0. The van der Waals surface area contributed by atoms with Gasteiger partial charge in [-0.15, -0.1) is 0 Å². The smallest absolute Gasteiger partial charge is 0.126 e. The van der Waals surface area contributed by atoms with E-state index in [9.17, 15) is 9.90 Å². The van der Waals surface area contributed by atoms with Crippen LogP contribution in [-0.2, 0) is 17.8 Å². The van der Waals surface area contributed by atoms with Crippen molar-refractivity contribution in [2.24, 2.45) is 5.92 Å². The largest absolute Gasteiger partial charge is 0.507 e. The van der Waals surface area contributed by atoms with E-state index in [-0.39, 0.29) is 11.7 Å². The normalized spacial score (nSPS) is 11.6. The monoisotopic (exact) mass is 419 g/mol. The fraction of sp³-hybridized carbons (Fsp3) is 0.269. The van der Waals surface area contributed by atoms with Crippen molar-refractivity contribution in [3.8, 4) is 17.2 Å². The number of anilines is 2. The number of carbonyl (C=O) groups is 1. The molecule has 0 fully saturated rings. The molecule has 0 saturated heterocycles. The Labute approximate surface area is 183 Å². The van der Waals surface area contributed by atoms with E-state index in [0.29, 0.717) is 30.8 Å². The second-order valence-corrected chi connectivity index (χ2v) is 7.75. The van der Waals surface area contributed by atoms with Crippen molar-refractivity contribution in [1.29, 1.82) is 0 Å². The van der Waals surface area contributed by atoms with E-state index in [2.05, 4.69) is 5.32 Å². The molecular formula is C26H29NO4. The van der Waals surface area contributed by atoms with Crippen LogP contribution in [0.5, 0.6) is 17.2 Å². The maximum atomic E-state index is 10.7. The predicted molar refractivity (Wildman–Crippen MR) is 123 cm³/mol. The van der Waals surface area contributed by atoms with Crippen molar-refractivity contribution in [3.05, 3.63) is 77.4 Å². The molecule has 2 N–H and O–H groups in total. The number of nitrogens with one attached hydrogen (secondary N) is 1. The molecule has 162 valence electrons. The molecule has 0 aliphatic carbocycles. The molecule has 1 unspecified atom stereocenters. The van der Waals surface area contributed by atoms with Gasteiger partial charge in [-0.05, 0) is 60.7 Å². The lowest BCUT2D eigenvalue weighted by Gasteiger charge is -2.15. The molecule has 1 atom stereocenters. The van der Waals surface area contributed by atoms with Crippen LogP contribution in [-0.4, -0.2) is 18.5 Å². The number of hydrogen-bond donors (Lipinski definition) is 2. The zero-order chi connectivity index (χ0) is 22.2. The lowest BCUT2D eigenvalue weighted by atomic mass is 9.96. The molecule has 3 aromatic carbocycles. The van der Waals surface area contributed by atoms with Gasteiger partial charge >= 0.3 is 0 Å². The summed E-state index contributed by atoms with van der Waals surface area (Å²) in [5.41, 5.74) is 4.45. The average molecular weight is 420 g/mol. The molecule has 0 saturated carbocycles. The van der Waals surface area contributed by atoms with Gasteiger partial charge in [-0.1, -0.05) is 31.2 Å². The van der Waals surface area contributed by atoms with Crippen molar-refractivity contribution in [2.45, 2.75) is 33.3 Å². The highest BCUT2D eigenvalue weighted by Crippen LogP contribution is 2.33. The van der Waals surface area contributed by atoms with Gasteiger partial charge < -0.3 is 24.7 Å². The van der Waals surface area contributed by atoms with E-state index in [1.807, 2.05) is 74.5 Å². The highest BCUT2D eigenvalue weighted by molar-refractivity contribution is 5.61. The van der Waals surface area contributed by atoms with Crippen LogP contribution < -0.4 is 14.8 Å². The number of ether oxygens (including phenoxy) is 2. The Kier molecular flexibility index (Phi) is 7.55. The lowest BCUT2D eigenvalue weighted by molar-refractivity contribution is -0.108. The van der Waals surface area contributed by atoms with Crippen LogP contribution in [0.1, 0.15) is 30.0 Å². The zero-order valence-corrected chi connectivity index (χ0v) is 18.2. The molecule has 0 amide bonds. The first kappa shape index (κ1) is 22.2. The van der Waals surface area contributed by atoms with E-state index in [0.717, 1.165) is 34.5 Å². The van der Waals surface area contributed by atoms with E-state index in [4.69, 9.17) is 9.47 Å². The fourth-order valence-corrected chi connectivity index (χ4v) is 3.45. The molecule has 0 aromatic heterocycles. The molecule has 0 bridgehead atoms. The number of phenolic OH excluding ortho intramolecular Hbond substituents is 1. The van der Waals surface area contributed by atoms with Crippen LogP contribution in [0.2, 0.25) is 0 Å². The topological polar surface area (TPSA) is 67.8 Å². The number of aldehydes is 1. The summed E-state index contributed by atoms with van der Waals surface area (Å²) in [5.74, 6) is 1.87. The van der Waals surface area contributed by atoms with E-state index in [1.165, 1.54) is 0 Å². The summed E-state index contributed by atoms with van der Waals surface area (Å²) < 4.78 is 11.3. The molecule has 3 rings (SSSR count). The molecule has 0 aliphatic heterocycles. The summed E-state index contributed by atoms with van der Waals surface area (Å²) >= 11 is 0. The van der Waals surface area contributed by atoms with Gasteiger partial charge in [0.05, 0.1) is 7.11 Å². The van der Waals surface area contributed by atoms with Crippen LogP contribution >= 0.6 is 0 Å². The Morgan fingerprint density at radius 2 is 1.81 bits per heavy atom. The molecule has 3 aromatic rings. The molecule has 5 nitrogen and oxygen atoms in total. The number of benzene rings is 3. The Balaban J connectivity index is 1.66.